The molecular weight excluding hydrogens is 495 g/mol. The van der Waals surface area contributed by atoms with Crippen molar-refractivity contribution in [2.45, 2.75) is 24.8 Å². The lowest BCUT2D eigenvalue weighted by atomic mass is 9.81. The maximum atomic E-state index is 14.0. The summed E-state index contributed by atoms with van der Waals surface area (Å²) in [5.41, 5.74) is 0.0781. The Kier molecular flexibility index (Phi) is 5.73. The van der Waals surface area contributed by atoms with Crippen LogP contribution in [0.15, 0.2) is 36.4 Å². The summed E-state index contributed by atoms with van der Waals surface area (Å²) < 4.78 is 25.6. The molecule has 0 radical (unpaired) electrons. The first kappa shape index (κ1) is 24.2. The maximum absolute atomic E-state index is 14.0. The Bertz CT molecular complexity index is 1360. The van der Waals surface area contributed by atoms with Crippen molar-refractivity contribution in [3.05, 3.63) is 53.3 Å². The van der Waals surface area contributed by atoms with Crippen LogP contribution in [-0.2, 0) is 21.5 Å². The molecule has 3 heterocycles. The number of imide groups is 1. The number of hydrogen-bond acceptors (Lipinski definition) is 6. The minimum Gasteiger partial charge on any atom is -0.493 e. The van der Waals surface area contributed by atoms with Crippen LogP contribution in [0, 0.1) is 23.6 Å². The van der Waals surface area contributed by atoms with Gasteiger partial charge in [-0.1, -0.05) is 6.07 Å². The normalized spacial score (nSPS) is 25.6. The summed E-state index contributed by atoms with van der Waals surface area (Å²) in [7, 11) is 1.49. The summed E-state index contributed by atoms with van der Waals surface area (Å²) in [6.07, 6.45) is 2.26. The number of rotatable bonds is 5. The number of nitrogens with zero attached hydrogens (tertiary/aromatic N) is 1. The van der Waals surface area contributed by atoms with Crippen LogP contribution in [0.1, 0.15) is 24.0 Å². The van der Waals surface area contributed by atoms with Crippen molar-refractivity contribution in [2.24, 2.45) is 17.8 Å². The molecule has 0 bridgehead atoms. The molecule has 5 amide bonds. The molecule has 0 aromatic heterocycles. The second-order valence-corrected chi connectivity index (χ2v) is 10.3. The molecular formula is C27H27FN4O6. The van der Waals surface area contributed by atoms with Crippen molar-refractivity contribution in [1.29, 1.82) is 0 Å². The lowest BCUT2D eigenvalue weighted by Crippen LogP contribution is -2.46. The molecule has 38 heavy (non-hydrogen) atoms. The van der Waals surface area contributed by atoms with Gasteiger partial charge in [-0.3, -0.25) is 14.5 Å². The van der Waals surface area contributed by atoms with E-state index in [1.54, 1.807) is 24.3 Å². The summed E-state index contributed by atoms with van der Waals surface area (Å²) in [5.74, 6) is -0.574. The Morgan fingerprint density at radius 1 is 1.13 bits per heavy atom. The van der Waals surface area contributed by atoms with Crippen molar-refractivity contribution < 1.29 is 33.0 Å². The maximum Gasteiger partial charge on any atom is 0.325 e. The number of carbonyl (C=O) groups excluding carboxylic acids is 4. The van der Waals surface area contributed by atoms with Crippen LogP contribution in [0.5, 0.6) is 11.5 Å². The summed E-state index contributed by atoms with van der Waals surface area (Å²) >= 11 is 0. The Morgan fingerprint density at radius 3 is 2.71 bits per heavy atom. The highest BCUT2D eigenvalue weighted by atomic mass is 19.1. The van der Waals surface area contributed by atoms with Gasteiger partial charge in [-0.2, -0.15) is 0 Å². The predicted octanol–water partition coefficient (Wildman–Crippen LogP) is 2.56. The standard InChI is InChI=1S/C27H27FN4O6/c1-29-25(35)30-17-5-6-20-23(10-17)38-13-27(20)24(34)32(26(36)31-27)11-21(33)18-9-15-8-16(28)4-7-22(15)37-12-19(18)14-2-3-14/h4-8,10,14,18-19H,2-3,9,11-13H2,1H3,(H,31,36)(H2,29,30,35)/t18?,19-,27-/m0/s1. The van der Waals surface area contributed by atoms with Crippen LogP contribution in [0.3, 0.4) is 0 Å². The number of Topliss-reactive ketones (excluding diaryl/α,β-unsaturated/α-hetero) is 1. The van der Waals surface area contributed by atoms with Gasteiger partial charge >= 0.3 is 12.1 Å². The summed E-state index contributed by atoms with van der Waals surface area (Å²) in [4.78, 5) is 52.9. The van der Waals surface area contributed by atoms with E-state index in [2.05, 4.69) is 16.0 Å². The Morgan fingerprint density at radius 2 is 1.95 bits per heavy atom. The van der Waals surface area contributed by atoms with Crippen molar-refractivity contribution in [2.75, 3.05) is 32.1 Å². The largest absolute Gasteiger partial charge is 0.493 e. The molecule has 11 heteroatoms. The van der Waals surface area contributed by atoms with Crippen molar-refractivity contribution in [3.8, 4) is 11.5 Å². The molecule has 1 unspecified atom stereocenters. The number of ketones is 1. The van der Waals surface area contributed by atoms with Crippen LogP contribution in [-0.4, -0.2) is 55.5 Å². The summed E-state index contributed by atoms with van der Waals surface area (Å²) in [6.45, 7) is -0.191. The lowest BCUT2D eigenvalue weighted by Gasteiger charge is -2.25. The molecule has 198 valence electrons. The quantitative estimate of drug-likeness (QED) is 0.519. The highest BCUT2D eigenvalue weighted by Crippen LogP contribution is 2.45. The molecule has 6 rings (SSSR count). The first-order valence-electron chi connectivity index (χ1n) is 12.6. The highest BCUT2D eigenvalue weighted by Gasteiger charge is 2.58. The number of carbonyl (C=O) groups is 4. The zero-order valence-electron chi connectivity index (χ0n) is 20.7. The molecule has 10 nitrogen and oxygen atoms in total. The number of anilines is 1. The zero-order valence-corrected chi connectivity index (χ0v) is 20.7. The fraction of sp³-hybridized carbons (Fsp3) is 0.407. The topological polar surface area (TPSA) is 126 Å². The van der Waals surface area contributed by atoms with E-state index >= 15 is 0 Å². The van der Waals surface area contributed by atoms with Crippen LogP contribution >= 0.6 is 0 Å². The van der Waals surface area contributed by atoms with Gasteiger partial charge in [-0.15, -0.1) is 0 Å². The molecule has 3 N–H and O–H groups in total. The first-order valence-corrected chi connectivity index (χ1v) is 12.6. The van der Waals surface area contributed by atoms with Gasteiger partial charge in [0.2, 0.25) is 0 Å². The predicted molar refractivity (Wildman–Crippen MR) is 132 cm³/mol. The third kappa shape index (κ3) is 4.02. The number of hydrogen-bond donors (Lipinski definition) is 3. The third-order valence-corrected chi connectivity index (χ3v) is 7.91. The van der Waals surface area contributed by atoms with E-state index in [1.807, 2.05) is 0 Å². The summed E-state index contributed by atoms with van der Waals surface area (Å²) in [5, 5.41) is 7.82. The van der Waals surface area contributed by atoms with Crippen LogP contribution in [0.2, 0.25) is 0 Å². The Hall–Kier alpha value is -4.15. The van der Waals surface area contributed by atoms with Gasteiger partial charge < -0.3 is 25.4 Å². The number of benzene rings is 2. The SMILES string of the molecule is CNC(=O)Nc1ccc2c(c1)OC[C@]21NC(=O)N(CC(=O)C2Cc3cc(F)ccc3OC[C@H]2C2CC2)C1=O. The average molecular weight is 523 g/mol. The first-order chi connectivity index (χ1) is 18.3. The van der Waals surface area contributed by atoms with Gasteiger partial charge in [0.05, 0.1) is 13.2 Å². The van der Waals surface area contributed by atoms with Gasteiger partial charge in [-0.05, 0) is 55.0 Å². The molecule has 1 aliphatic carbocycles. The fourth-order valence-electron chi connectivity index (χ4n) is 5.73. The van der Waals surface area contributed by atoms with E-state index in [-0.39, 0.29) is 24.7 Å². The molecule has 1 spiro atoms. The number of amides is 5. The van der Waals surface area contributed by atoms with E-state index in [1.165, 1.54) is 19.2 Å². The second kappa shape index (κ2) is 9.00. The molecule has 1 saturated carbocycles. The number of urea groups is 2. The van der Waals surface area contributed by atoms with E-state index in [4.69, 9.17) is 9.47 Å². The van der Waals surface area contributed by atoms with Gasteiger partial charge in [0.25, 0.3) is 5.91 Å². The van der Waals surface area contributed by atoms with Gasteiger partial charge in [0, 0.05) is 36.2 Å². The van der Waals surface area contributed by atoms with Crippen molar-refractivity contribution in [3.63, 3.8) is 0 Å². The molecule has 2 aromatic carbocycles. The van der Waals surface area contributed by atoms with Crippen molar-refractivity contribution in [1.82, 2.24) is 15.5 Å². The molecule has 1 saturated heterocycles. The van der Waals surface area contributed by atoms with Crippen molar-refractivity contribution >= 4 is 29.4 Å². The van der Waals surface area contributed by atoms with E-state index in [0.717, 1.165) is 17.7 Å². The smallest absolute Gasteiger partial charge is 0.325 e. The van der Waals surface area contributed by atoms with Gasteiger partial charge in [0.15, 0.2) is 11.3 Å². The highest BCUT2D eigenvalue weighted by molar-refractivity contribution is 6.10. The number of ether oxygens (including phenoxy) is 2. The molecule has 2 fully saturated rings. The second-order valence-electron chi connectivity index (χ2n) is 10.3. The van der Waals surface area contributed by atoms with E-state index in [0.29, 0.717) is 40.8 Å². The summed E-state index contributed by atoms with van der Waals surface area (Å²) in [6, 6.07) is 8.02. The monoisotopic (exact) mass is 522 g/mol. The fourth-order valence-corrected chi connectivity index (χ4v) is 5.73. The number of fused-ring (bicyclic) bond motifs is 3. The van der Waals surface area contributed by atoms with Crippen LogP contribution < -0.4 is 25.4 Å². The molecule has 4 aliphatic rings. The average Bonchev–Trinajstić information content (AvgIpc) is 3.66. The Balaban J connectivity index is 1.23. The minimum atomic E-state index is -1.45. The molecule has 3 aliphatic heterocycles. The lowest BCUT2D eigenvalue weighted by molar-refractivity contribution is -0.136. The van der Waals surface area contributed by atoms with Gasteiger partial charge in [-0.25, -0.2) is 14.0 Å². The third-order valence-electron chi connectivity index (χ3n) is 7.91. The van der Waals surface area contributed by atoms with E-state index < -0.39 is 41.8 Å². The molecule has 2 aromatic rings. The van der Waals surface area contributed by atoms with E-state index in [9.17, 15) is 23.6 Å². The number of halogens is 1. The zero-order chi connectivity index (χ0) is 26.6. The number of nitrogens with one attached hydrogen (secondary N) is 3. The van der Waals surface area contributed by atoms with Gasteiger partial charge in [0.1, 0.15) is 23.9 Å². The Labute approximate surface area is 217 Å². The minimum absolute atomic E-state index is 0.0746. The van der Waals surface area contributed by atoms with Crippen LogP contribution in [0.25, 0.3) is 0 Å². The molecule has 3 atom stereocenters. The van der Waals surface area contributed by atoms with Crippen LogP contribution in [0.4, 0.5) is 19.7 Å².